The number of ether oxygens (including phenoxy) is 1. The summed E-state index contributed by atoms with van der Waals surface area (Å²) in [6.07, 6.45) is 0. The number of hydrogen-bond acceptors (Lipinski definition) is 7. The molecule has 1 amide bonds. The lowest BCUT2D eigenvalue weighted by Gasteiger charge is -2.11. The van der Waals surface area contributed by atoms with E-state index in [1.54, 1.807) is 17.9 Å². The molecule has 25 heavy (non-hydrogen) atoms. The molecule has 0 bridgehead atoms. The van der Waals surface area contributed by atoms with E-state index in [2.05, 4.69) is 26.4 Å². The van der Waals surface area contributed by atoms with E-state index in [0.717, 1.165) is 5.69 Å². The van der Waals surface area contributed by atoms with Crippen molar-refractivity contribution in [2.24, 2.45) is 0 Å². The standard InChI is InChI=1S/C16H16N6O2S/c1-24-14-10-6-5-9-13(14)17-18-15(23)11-25-16-19-20-21-22(16)12-7-3-2-4-8-12/h2-10,17H,11H2,1H3,(H,18,23). The summed E-state index contributed by atoms with van der Waals surface area (Å²) in [7, 11) is 1.57. The molecule has 3 rings (SSSR count). The van der Waals surface area contributed by atoms with Crippen LogP contribution in [-0.4, -0.2) is 39.0 Å². The first-order chi connectivity index (χ1) is 12.3. The summed E-state index contributed by atoms with van der Waals surface area (Å²) in [6, 6.07) is 16.8. The van der Waals surface area contributed by atoms with Crippen LogP contribution in [0.15, 0.2) is 59.8 Å². The smallest absolute Gasteiger partial charge is 0.248 e. The second-order valence-electron chi connectivity index (χ2n) is 4.87. The highest BCUT2D eigenvalue weighted by molar-refractivity contribution is 7.99. The van der Waals surface area contributed by atoms with Gasteiger partial charge in [0.15, 0.2) is 0 Å². The molecule has 8 nitrogen and oxygen atoms in total. The zero-order valence-electron chi connectivity index (χ0n) is 13.4. The van der Waals surface area contributed by atoms with Crippen molar-refractivity contribution < 1.29 is 9.53 Å². The average Bonchev–Trinajstić information content (AvgIpc) is 3.14. The number of rotatable bonds is 7. The summed E-state index contributed by atoms with van der Waals surface area (Å²) in [6.45, 7) is 0. The van der Waals surface area contributed by atoms with Crippen molar-refractivity contribution in [3.8, 4) is 11.4 Å². The summed E-state index contributed by atoms with van der Waals surface area (Å²) in [5, 5.41) is 12.1. The molecule has 0 aliphatic carbocycles. The Morgan fingerprint density at radius 1 is 1.16 bits per heavy atom. The highest BCUT2D eigenvalue weighted by atomic mass is 32.2. The number of hydrazine groups is 1. The van der Waals surface area contributed by atoms with Crippen molar-refractivity contribution >= 4 is 23.4 Å². The van der Waals surface area contributed by atoms with Crippen molar-refractivity contribution in [1.82, 2.24) is 25.6 Å². The summed E-state index contributed by atoms with van der Waals surface area (Å²) < 4.78 is 6.80. The summed E-state index contributed by atoms with van der Waals surface area (Å²) >= 11 is 1.25. The van der Waals surface area contributed by atoms with Crippen molar-refractivity contribution in [3.05, 3.63) is 54.6 Å². The predicted octanol–water partition coefficient (Wildman–Crippen LogP) is 1.91. The lowest BCUT2D eigenvalue weighted by atomic mass is 10.3. The van der Waals surface area contributed by atoms with Crippen LogP contribution in [0.2, 0.25) is 0 Å². The van der Waals surface area contributed by atoms with Gasteiger partial charge in [0.05, 0.1) is 24.2 Å². The number of methoxy groups -OCH3 is 1. The number of amides is 1. The van der Waals surface area contributed by atoms with Gasteiger partial charge in [-0.3, -0.25) is 15.6 Å². The molecule has 0 spiro atoms. The minimum Gasteiger partial charge on any atom is -0.495 e. The lowest BCUT2D eigenvalue weighted by molar-refractivity contribution is -0.118. The zero-order chi connectivity index (χ0) is 17.5. The molecule has 0 aliphatic rings. The Hall–Kier alpha value is -3.07. The Labute approximate surface area is 148 Å². The molecular weight excluding hydrogens is 340 g/mol. The zero-order valence-corrected chi connectivity index (χ0v) is 14.2. The van der Waals surface area contributed by atoms with Gasteiger partial charge in [-0.1, -0.05) is 42.1 Å². The van der Waals surface area contributed by atoms with Crippen LogP contribution < -0.4 is 15.6 Å². The Morgan fingerprint density at radius 3 is 2.72 bits per heavy atom. The highest BCUT2D eigenvalue weighted by Gasteiger charge is 2.11. The molecule has 0 radical (unpaired) electrons. The Kier molecular flexibility index (Phi) is 5.47. The fourth-order valence-electron chi connectivity index (χ4n) is 2.05. The maximum absolute atomic E-state index is 12.0. The topological polar surface area (TPSA) is 94.0 Å². The highest BCUT2D eigenvalue weighted by Crippen LogP contribution is 2.22. The van der Waals surface area contributed by atoms with E-state index in [1.807, 2.05) is 48.5 Å². The second-order valence-corrected chi connectivity index (χ2v) is 5.81. The van der Waals surface area contributed by atoms with Gasteiger partial charge in [0.2, 0.25) is 11.1 Å². The van der Waals surface area contributed by atoms with Gasteiger partial charge >= 0.3 is 0 Å². The molecule has 0 atom stereocenters. The quantitative estimate of drug-likeness (QED) is 0.493. The third-order valence-electron chi connectivity index (χ3n) is 3.22. The molecule has 2 N–H and O–H groups in total. The first kappa shape index (κ1) is 16.8. The summed E-state index contributed by atoms with van der Waals surface area (Å²) in [5.74, 6) is 0.594. The molecule has 3 aromatic rings. The number of tetrazole rings is 1. The summed E-state index contributed by atoms with van der Waals surface area (Å²) in [5.41, 5.74) is 6.99. The van der Waals surface area contributed by atoms with Crippen LogP contribution in [0.3, 0.4) is 0 Å². The number of carbonyl (C=O) groups is 1. The minimum absolute atomic E-state index is 0.162. The van der Waals surface area contributed by atoms with Gasteiger partial charge in [0.25, 0.3) is 0 Å². The Morgan fingerprint density at radius 2 is 1.92 bits per heavy atom. The van der Waals surface area contributed by atoms with Gasteiger partial charge in [-0.05, 0) is 34.7 Å². The molecular formula is C16H16N6O2S. The third-order valence-corrected chi connectivity index (χ3v) is 4.14. The van der Waals surface area contributed by atoms with Crippen molar-refractivity contribution in [2.45, 2.75) is 5.16 Å². The number of nitrogens with zero attached hydrogens (tertiary/aromatic N) is 4. The number of thioether (sulfide) groups is 1. The van der Waals surface area contributed by atoms with Crippen LogP contribution >= 0.6 is 11.8 Å². The number of hydrogen-bond donors (Lipinski definition) is 2. The molecule has 0 aliphatic heterocycles. The number of anilines is 1. The summed E-state index contributed by atoms with van der Waals surface area (Å²) in [4.78, 5) is 12.0. The van der Waals surface area contributed by atoms with Crippen LogP contribution in [0.25, 0.3) is 5.69 Å². The van der Waals surface area contributed by atoms with Crippen LogP contribution in [-0.2, 0) is 4.79 Å². The Balaban J connectivity index is 1.56. The van der Waals surface area contributed by atoms with Gasteiger partial charge in [-0.25, -0.2) is 0 Å². The van der Waals surface area contributed by atoms with E-state index in [0.29, 0.717) is 16.6 Å². The number of nitrogens with one attached hydrogen (secondary N) is 2. The lowest BCUT2D eigenvalue weighted by Crippen LogP contribution is -2.31. The fraction of sp³-hybridized carbons (Fsp3) is 0.125. The molecule has 0 unspecified atom stereocenters. The number of aromatic nitrogens is 4. The monoisotopic (exact) mass is 356 g/mol. The van der Waals surface area contributed by atoms with Crippen molar-refractivity contribution in [3.63, 3.8) is 0 Å². The molecule has 0 saturated carbocycles. The van der Waals surface area contributed by atoms with E-state index in [9.17, 15) is 4.79 Å². The first-order valence-corrected chi connectivity index (χ1v) is 8.41. The number of benzene rings is 2. The van der Waals surface area contributed by atoms with E-state index in [4.69, 9.17) is 4.74 Å². The van der Waals surface area contributed by atoms with Crippen molar-refractivity contribution in [1.29, 1.82) is 0 Å². The second kappa shape index (κ2) is 8.15. The number of carbonyl (C=O) groups excluding carboxylic acids is 1. The SMILES string of the molecule is COc1ccccc1NNC(=O)CSc1nnnn1-c1ccccc1. The van der Waals surface area contributed by atoms with E-state index in [-0.39, 0.29) is 11.7 Å². The molecule has 2 aromatic carbocycles. The van der Waals surface area contributed by atoms with Gasteiger partial charge in [0, 0.05) is 0 Å². The predicted molar refractivity (Wildman–Crippen MR) is 94.6 cm³/mol. The third kappa shape index (κ3) is 4.27. The fourth-order valence-corrected chi connectivity index (χ4v) is 2.74. The largest absolute Gasteiger partial charge is 0.495 e. The van der Waals surface area contributed by atoms with E-state index < -0.39 is 0 Å². The average molecular weight is 356 g/mol. The molecule has 1 aromatic heterocycles. The normalized spacial score (nSPS) is 10.3. The van der Waals surface area contributed by atoms with Gasteiger partial charge < -0.3 is 4.74 Å². The van der Waals surface area contributed by atoms with E-state index >= 15 is 0 Å². The molecule has 128 valence electrons. The van der Waals surface area contributed by atoms with Crippen LogP contribution in [0.1, 0.15) is 0 Å². The molecule has 0 fully saturated rings. The van der Waals surface area contributed by atoms with Gasteiger partial charge in [0.1, 0.15) is 5.75 Å². The molecule has 1 heterocycles. The first-order valence-electron chi connectivity index (χ1n) is 7.42. The van der Waals surface area contributed by atoms with Crippen LogP contribution in [0.4, 0.5) is 5.69 Å². The Bertz CT molecular complexity index is 839. The van der Waals surface area contributed by atoms with Crippen molar-refractivity contribution in [2.75, 3.05) is 18.3 Å². The maximum atomic E-state index is 12.0. The maximum Gasteiger partial charge on any atom is 0.248 e. The van der Waals surface area contributed by atoms with Gasteiger partial charge in [-0.2, -0.15) is 4.68 Å². The van der Waals surface area contributed by atoms with E-state index in [1.165, 1.54) is 11.8 Å². The number of para-hydroxylation sites is 3. The van der Waals surface area contributed by atoms with Crippen LogP contribution in [0.5, 0.6) is 5.75 Å². The molecule has 9 heteroatoms. The van der Waals surface area contributed by atoms with Gasteiger partial charge in [-0.15, -0.1) is 5.10 Å². The van der Waals surface area contributed by atoms with Crippen LogP contribution in [0, 0.1) is 0 Å². The minimum atomic E-state index is -0.210. The molecule has 0 saturated heterocycles.